The zero-order valence-corrected chi connectivity index (χ0v) is 11.2. The first-order chi connectivity index (χ1) is 10.1. The molecule has 0 saturated carbocycles. The van der Waals surface area contributed by atoms with E-state index in [0.717, 1.165) is 0 Å². The number of ether oxygens (including phenoxy) is 1. The van der Waals surface area contributed by atoms with Crippen molar-refractivity contribution in [1.29, 1.82) is 0 Å². The van der Waals surface area contributed by atoms with Crippen molar-refractivity contribution in [1.82, 2.24) is 20.3 Å². The van der Waals surface area contributed by atoms with Crippen molar-refractivity contribution < 1.29 is 24.2 Å². The Bertz CT molecular complexity index is 567. The van der Waals surface area contributed by atoms with Crippen LogP contribution in [0.1, 0.15) is 6.92 Å². The summed E-state index contributed by atoms with van der Waals surface area (Å²) in [6.07, 6.45) is -2.15. The average molecular weight is 322 g/mol. The maximum absolute atomic E-state index is 10.2. The van der Waals surface area contributed by atoms with Crippen LogP contribution in [0.3, 0.4) is 0 Å². The van der Waals surface area contributed by atoms with Crippen LogP contribution in [0.15, 0.2) is 14.4 Å². The van der Waals surface area contributed by atoms with Crippen LogP contribution in [-0.4, -0.2) is 44.9 Å². The summed E-state index contributed by atoms with van der Waals surface area (Å²) >= 11 is 0. The molecule has 0 saturated heterocycles. The molecule has 0 bridgehead atoms. The van der Waals surface area contributed by atoms with Crippen molar-refractivity contribution in [2.75, 3.05) is 6.61 Å². The third-order valence-electron chi connectivity index (χ3n) is 1.20. The van der Waals surface area contributed by atoms with Crippen LogP contribution in [0, 0.1) is 0 Å². The van der Waals surface area contributed by atoms with E-state index in [0.29, 0.717) is 6.61 Å². The summed E-state index contributed by atoms with van der Waals surface area (Å²) < 4.78 is 4.18. The molecule has 0 aromatic carbocycles. The molecule has 1 heterocycles. The van der Waals surface area contributed by atoms with E-state index >= 15 is 0 Å². The summed E-state index contributed by atoms with van der Waals surface area (Å²) in [5, 5.41) is 9.03. The molecule has 0 aliphatic heterocycles. The van der Waals surface area contributed by atoms with Crippen LogP contribution in [0.2, 0.25) is 0 Å². The fraction of sp³-hybridized carbons (Fsp3) is 0.250. The van der Waals surface area contributed by atoms with Gasteiger partial charge < -0.3 is 21.3 Å². The number of carbonyl (C=O) groups is 3. The topological polar surface area (TPSA) is 243 Å². The third kappa shape index (κ3) is 16.4. The van der Waals surface area contributed by atoms with Crippen molar-refractivity contribution in [3.05, 3.63) is 31.5 Å². The van der Waals surface area contributed by atoms with Crippen LogP contribution >= 0.6 is 0 Å². The number of primary amides is 2. The highest BCUT2D eigenvalue weighted by atomic mass is 16.5. The van der Waals surface area contributed by atoms with Gasteiger partial charge in [0.2, 0.25) is 0 Å². The van der Waals surface area contributed by atoms with Crippen molar-refractivity contribution in [2.24, 2.45) is 11.5 Å². The number of hydrogen-bond acceptors (Lipinski definition) is 7. The average Bonchev–Trinajstić information content (AvgIpc) is 2.25. The number of hydrogen-bond donors (Lipinski definition) is 7. The molecule has 0 aliphatic rings. The highest BCUT2D eigenvalue weighted by molar-refractivity contribution is 5.88. The lowest BCUT2D eigenvalue weighted by atomic mass is 10.9. The second-order valence-corrected chi connectivity index (χ2v) is 2.91. The number of nitrogens with two attached hydrogens (primary N) is 2. The fourth-order valence-corrected chi connectivity index (χ4v) is 0.651. The van der Waals surface area contributed by atoms with Gasteiger partial charge in [-0.1, -0.05) is 0 Å². The van der Waals surface area contributed by atoms with Crippen LogP contribution in [0.25, 0.3) is 0 Å². The predicted molar refractivity (Wildman–Crippen MR) is 70.3 cm³/mol. The number of amides is 4. The van der Waals surface area contributed by atoms with Gasteiger partial charge in [-0.05, 0) is 6.92 Å². The zero-order chi connectivity index (χ0) is 17.7. The minimum atomic E-state index is -1.44. The maximum atomic E-state index is 10.2. The second-order valence-electron chi connectivity index (χ2n) is 2.91. The lowest BCUT2D eigenvalue weighted by molar-refractivity contribution is 0.163. The number of imide groups is 1. The Balaban J connectivity index is 0. The number of H-pyrrole nitrogens is 3. The van der Waals surface area contributed by atoms with Crippen molar-refractivity contribution in [3.63, 3.8) is 0 Å². The Hall–Kier alpha value is -3.58. The molecule has 0 radical (unpaired) electrons. The monoisotopic (exact) mass is 322 g/mol. The van der Waals surface area contributed by atoms with Gasteiger partial charge in [0.05, 0.1) is 6.61 Å². The summed E-state index contributed by atoms with van der Waals surface area (Å²) in [4.78, 5) is 64.4. The van der Waals surface area contributed by atoms with E-state index in [1.165, 1.54) is 5.32 Å². The van der Waals surface area contributed by atoms with Crippen LogP contribution in [-0.2, 0) is 4.74 Å². The second kappa shape index (κ2) is 11.3. The Morgan fingerprint density at radius 3 is 1.50 bits per heavy atom. The summed E-state index contributed by atoms with van der Waals surface area (Å²) in [6, 6.07) is -1.06. The van der Waals surface area contributed by atoms with Crippen molar-refractivity contribution in [3.8, 4) is 0 Å². The zero-order valence-electron chi connectivity index (χ0n) is 11.2. The molecule has 0 spiro atoms. The molecule has 14 nitrogen and oxygen atoms in total. The summed E-state index contributed by atoms with van der Waals surface area (Å²) in [7, 11) is 0. The number of nitrogens with one attached hydrogen (secondary N) is 4. The first-order valence-electron chi connectivity index (χ1n) is 5.23. The van der Waals surface area contributed by atoms with Gasteiger partial charge in [0.25, 0.3) is 0 Å². The molecule has 9 N–H and O–H groups in total. The quantitative estimate of drug-likeness (QED) is 0.283. The maximum Gasteiger partial charge on any atom is 0.412 e. The molecule has 0 unspecified atom stereocenters. The van der Waals surface area contributed by atoms with Gasteiger partial charge in [-0.2, -0.15) is 0 Å². The predicted octanol–water partition coefficient (Wildman–Crippen LogP) is -2.81. The Morgan fingerprint density at radius 1 is 1.05 bits per heavy atom. The number of carbonyl (C=O) groups excluding carboxylic acids is 2. The smallest absolute Gasteiger partial charge is 0.412 e. The molecule has 14 heteroatoms. The molecule has 0 fully saturated rings. The minimum Gasteiger partial charge on any atom is -0.465 e. The number of aromatic amines is 3. The normalized spacial score (nSPS) is 8.23. The Labute approximate surface area is 120 Å². The van der Waals surface area contributed by atoms with E-state index in [1.54, 1.807) is 21.9 Å². The Morgan fingerprint density at radius 2 is 1.41 bits per heavy atom. The van der Waals surface area contributed by atoms with Gasteiger partial charge in [-0.25, -0.2) is 34.1 Å². The van der Waals surface area contributed by atoms with E-state index in [4.69, 9.17) is 5.11 Å². The summed E-state index contributed by atoms with van der Waals surface area (Å²) in [5.41, 5.74) is 6.50. The molecule has 124 valence electrons. The van der Waals surface area contributed by atoms with Gasteiger partial charge in [-0.3, -0.25) is 15.0 Å². The van der Waals surface area contributed by atoms with E-state index in [-0.39, 0.29) is 0 Å². The third-order valence-corrected chi connectivity index (χ3v) is 1.20. The van der Waals surface area contributed by atoms with Crippen LogP contribution in [0.4, 0.5) is 14.4 Å². The molecular weight excluding hydrogens is 308 g/mol. The lowest BCUT2D eigenvalue weighted by Gasteiger charge is -1.89. The first-order valence-corrected chi connectivity index (χ1v) is 5.23. The van der Waals surface area contributed by atoms with E-state index in [1.807, 2.05) is 0 Å². The molecule has 4 amide bonds. The molecule has 1 aromatic heterocycles. The van der Waals surface area contributed by atoms with Gasteiger partial charge in [-0.15, -0.1) is 0 Å². The summed E-state index contributed by atoms with van der Waals surface area (Å²) in [6.45, 7) is 2.06. The highest BCUT2D eigenvalue weighted by Gasteiger charge is 1.94. The molecule has 22 heavy (non-hydrogen) atoms. The standard InChI is InChI=1S/C3H3N3O3.C3H7NO2.C2H4N2O3/c7-1-4-2(8)6-3(9)5-1;1-2-6-3(4)5;3-1(5)4-2(6)7/h(H3,4,5,6,7,8,9);2H2,1H3,(H2,4,5);(H,6,7)(H3,3,4,5). The highest BCUT2D eigenvalue weighted by Crippen LogP contribution is 1.66. The number of aromatic nitrogens is 3. The van der Waals surface area contributed by atoms with Crippen LogP contribution < -0.4 is 33.9 Å². The van der Waals surface area contributed by atoms with Crippen LogP contribution in [0.5, 0.6) is 0 Å². The van der Waals surface area contributed by atoms with E-state index in [2.05, 4.69) is 16.2 Å². The number of carboxylic acid groups (broad SMARTS) is 1. The molecule has 1 rings (SSSR count). The molecule has 0 atom stereocenters. The molecule has 0 aliphatic carbocycles. The SMILES string of the molecule is CCOC(N)=O.NC(=O)NC(=O)O.O=c1[nH]c(=O)[nH]c(=O)[nH]1. The Kier molecular flexibility index (Phi) is 10.6. The lowest BCUT2D eigenvalue weighted by Crippen LogP contribution is -2.34. The van der Waals surface area contributed by atoms with Gasteiger partial charge in [0.1, 0.15) is 0 Å². The molecular formula is C8H14N6O8. The number of rotatable bonds is 1. The largest absolute Gasteiger partial charge is 0.465 e. The molecule has 1 aromatic rings. The summed E-state index contributed by atoms with van der Waals surface area (Å²) in [5.74, 6) is 0. The minimum absolute atomic E-state index is 0.356. The van der Waals surface area contributed by atoms with Crippen molar-refractivity contribution in [2.45, 2.75) is 6.92 Å². The van der Waals surface area contributed by atoms with Gasteiger partial charge in [0, 0.05) is 0 Å². The van der Waals surface area contributed by atoms with E-state index in [9.17, 15) is 28.8 Å². The van der Waals surface area contributed by atoms with E-state index < -0.39 is 35.3 Å². The first kappa shape index (κ1) is 20.7. The number of urea groups is 1. The van der Waals surface area contributed by atoms with Gasteiger partial charge >= 0.3 is 35.3 Å². The van der Waals surface area contributed by atoms with Gasteiger partial charge in [0.15, 0.2) is 0 Å². The fourth-order valence-electron chi connectivity index (χ4n) is 0.651. The van der Waals surface area contributed by atoms with Crippen molar-refractivity contribution >= 4 is 18.2 Å².